The Morgan fingerprint density at radius 1 is 1.19 bits per heavy atom. The van der Waals surface area contributed by atoms with Crippen LogP contribution in [-0.2, 0) is 22.4 Å². The van der Waals surface area contributed by atoms with Crippen LogP contribution >= 0.6 is 0 Å². The van der Waals surface area contributed by atoms with Crippen molar-refractivity contribution in [2.24, 2.45) is 0 Å². The van der Waals surface area contributed by atoms with Crippen molar-refractivity contribution in [3.05, 3.63) is 35.3 Å². The second-order valence-electron chi connectivity index (χ2n) is 7.74. The summed E-state index contributed by atoms with van der Waals surface area (Å²) in [7, 11) is 0. The number of hydrogen-bond donors (Lipinski definition) is 2. The van der Waals surface area contributed by atoms with E-state index in [9.17, 15) is 9.18 Å². The van der Waals surface area contributed by atoms with Gasteiger partial charge in [0.25, 0.3) is 5.91 Å². The van der Waals surface area contributed by atoms with E-state index in [2.05, 4.69) is 15.2 Å². The number of halogens is 1. The summed E-state index contributed by atoms with van der Waals surface area (Å²) in [6, 6.07) is 5.39. The molecule has 2 N–H and O–H groups in total. The van der Waals surface area contributed by atoms with E-state index in [1.807, 2.05) is 0 Å². The first-order chi connectivity index (χ1) is 13.2. The third-order valence-electron chi connectivity index (χ3n) is 5.89. The van der Waals surface area contributed by atoms with Gasteiger partial charge in [0.15, 0.2) is 0 Å². The first-order valence-electron chi connectivity index (χ1n) is 9.72. The van der Waals surface area contributed by atoms with Crippen LogP contribution in [0.5, 0.6) is 0 Å². The van der Waals surface area contributed by atoms with Crippen molar-refractivity contribution in [2.75, 3.05) is 26.4 Å². The normalized spacial score (nSPS) is 27.8. The van der Waals surface area contributed by atoms with E-state index >= 15 is 0 Å². The van der Waals surface area contributed by atoms with Crippen LogP contribution in [0, 0.1) is 5.82 Å². The van der Waals surface area contributed by atoms with Gasteiger partial charge in [-0.2, -0.15) is 0 Å². The number of carbonyl (C=O) groups is 1. The van der Waals surface area contributed by atoms with Crippen LogP contribution in [0.15, 0.2) is 18.2 Å². The van der Waals surface area contributed by atoms with Gasteiger partial charge >= 0.3 is 0 Å². The van der Waals surface area contributed by atoms with Crippen LogP contribution in [0.3, 0.4) is 0 Å². The number of nitrogens with one attached hydrogen (secondary N) is 2. The quantitative estimate of drug-likeness (QED) is 0.839. The molecule has 0 spiro atoms. The van der Waals surface area contributed by atoms with Gasteiger partial charge in [-0.15, -0.1) is 0 Å². The maximum atomic E-state index is 14.0. The van der Waals surface area contributed by atoms with E-state index in [1.54, 1.807) is 6.07 Å². The van der Waals surface area contributed by atoms with Crippen LogP contribution in [0.2, 0.25) is 0 Å². The van der Waals surface area contributed by atoms with Crippen molar-refractivity contribution in [3.63, 3.8) is 0 Å². The van der Waals surface area contributed by atoms with Gasteiger partial charge < -0.3 is 24.7 Å². The molecule has 144 valence electrons. The lowest BCUT2D eigenvalue weighted by atomic mass is 9.92. The highest BCUT2D eigenvalue weighted by atomic mass is 19.1. The summed E-state index contributed by atoms with van der Waals surface area (Å²) >= 11 is 0. The standard InChI is InChI=1S/C20H24FN3O3/c21-12-1-2-17-16(7-12)19(18-3-5-26-6-4-24(17)18)20(25)23-13-8-14-10-27-11-15(9-13)22-14/h1-2,7,13-15,22H,3-6,8-11H2,(H,23,25). The molecule has 7 heteroatoms. The zero-order valence-corrected chi connectivity index (χ0v) is 15.2. The first kappa shape index (κ1) is 17.2. The molecular weight excluding hydrogens is 349 g/mol. The third kappa shape index (κ3) is 3.13. The van der Waals surface area contributed by atoms with Crippen molar-refractivity contribution in [2.45, 2.75) is 43.9 Å². The highest BCUT2D eigenvalue weighted by Gasteiger charge is 2.33. The van der Waals surface area contributed by atoms with Crippen LogP contribution in [-0.4, -0.2) is 55.0 Å². The van der Waals surface area contributed by atoms with E-state index in [1.165, 1.54) is 12.1 Å². The van der Waals surface area contributed by atoms with Gasteiger partial charge in [-0.25, -0.2) is 4.39 Å². The lowest BCUT2D eigenvalue weighted by Crippen LogP contribution is -2.58. The Bertz CT molecular complexity index is 869. The summed E-state index contributed by atoms with van der Waals surface area (Å²) in [5.74, 6) is -0.422. The number of aromatic nitrogens is 1. The Kier molecular flexibility index (Phi) is 4.38. The molecule has 0 saturated carbocycles. The van der Waals surface area contributed by atoms with Gasteiger partial charge in [0.1, 0.15) is 5.82 Å². The number of morpholine rings is 1. The minimum Gasteiger partial charge on any atom is -0.379 e. The topological polar surface area (TPSA) is 64.5 Å². The van der Waals surface area contributed by atoms with Crippen molar-refractivity contribution in [3.8, 4) is 0 Å². The van der Waals surface area contributed by atoms with Crippen LogP contribution in [0.1, 0.15) is 28.9 Å². The van der Waals surface area contributed by atoms with Crippen LogP contribution in [0.4, 0.5) is 4.39 Å². The predicted molar refractivity (Wildman–Crippen MR) is 98.4 cm³/mol. The fraction of sp³-hybridized carbons (Fsp3) is 0.550. The Hall–Kier alpha value is -1.96. The van der Waals surface area contributed by atoms with Crippen molar-refractivity contribution in [1.82, 2.24) is 15.2 Å². The molecule has 3 aliphatic rings. The van der Waals surface area contributed by atoms with Gasteiger partial charge in [-0.3, -0.25) is 4.79 Å². The average molecular weight is 373 g/mol. The molecule has 2 bridgehead atoms. The van der Waals surface area contributed by atoms with E-state index < -0.39 is 0 Å². The smallest absolute Gasteiger partial charge is 0.253 e. The first-order valence-corrected chi connectivity index (χ1v) is 9.72. The Morgan fingerprint density at radius 3 is 2.81 bits per heavy atom. The van der Waals surface area contributed by atoms with E-state index in [0.717, 1.165) is 24.1 Å². The predicted octanol–water partition coefficient (Wildman–Crippen LogP) is 1.60. The van der Waals surface area contributed by atoms with Crippen LogP contribution in [0.25, 0.3) is 10.9 Å². The lowest BCUT2D eigenvalue weighted by molar-refractivity contribution is 0.0148. The zero-order chi connectivity index (χ0) is 18.4. The van der Waals surface area contributed by atoms with Gasteiger partial charge in [-0.1, -0.05) is 0 Å². The van der Waals surface area contributed by atoms with E-state index in [4.69, 9.17) is 9.47 Å². The van der Waals surface area contributed by atoms with E-state index in [0.29, 0.717) is 50.3 Å². The summed E-state index contributed by atoms with van der Waals surface area (Å²) in [6.07, 6.45) is 2.37. The molecule has 4 heterocycles. The van der Waals surface area contributed by atoms with E-state index in [-0.39, 0.29) is 29.8 Å². The minimum absolute atomic E-state index is 0.104. The number of fused-ring (bicyclic) bond motifs is 5. The molecule has 6 nitrogen and oxygen atoms in total. The molecule has 2 saturated heterocycles. The second kappa shape index (κ2) is 6.89. The van der Waals surface area contributed by atoms with Gasteiger partial charge in [0.05, 0.1) is 32.0 Å². The molecule has 1 amide bonds. The molecule has 3 aliphatic heterocycles. The molecule has 2 unspecified atom stereocenters. The molecule has 0 aliphatic carbocycles. The fourth-order valence-corrected chi connectivity index (χ4v) is 4.79. The molecule has 2 fully saturated rings. The number of rotatable bonds is 2. The number of nitrogens with zero attached hydrogens (tertiary/aromatic N) is 1. The molecule has 5 rings (SSSR count). The number of ether oxygens (including phenoxy) is 2. The number of hydrogen-bond acceptors (Lipinski definition) is 4. The van der Waals surface area contributed by atoms with Crippen LogP contribution < -0.4 is 10.6 Å². The van der Waals surface area contributed by atoms with Crippen molar-refractivity contribution >= 4 is 16.8 Å². The maximum absolute atomic E-state index is 14.0. The van der Waals surface area contributed by atoms with Gasteiger partial charge in [0.2, 0.25) is 0 Å². The summed E-state index contributed by atoms with van der Waals surface area (Å²) in [5.41, 5.74) is 2.45. The number of piperidine rings is 1. The third-order valence-corrected chi connectivity index (χ3v) is 5.89. The van der Waals surface area contributed by atoms with Gasteiger partial charge in [-0.05, 0) is 31.0 Å². The minimum atomic E-state index is -0.317. The molecule has 1 aromatic carbocycles. The second-order valence-corrected chi connectivity index (χ2v) is 7.74. The summed E-state index contributed by atoms with van der Waals surface area (Å²) in [4.78, 5) is 13.3. The fourth-order valence-electron chi connectivity index (χ4n) is 4.79. The zero-order valence-electron chi connectivity index (χ0n) is 15.2. The monoisotopic (exact) mass is 373 g/mol. The maximum Gasteiger partial charge on any atom is 0.253 e. The van der Waals surface area contributed by atoms with Crippen molar-refractivity contribution < 1.29 is 18.7 Å². The summed E-state index contributed by atoms with van der Waals surface area (Å²) in [6.45, 7) is 3.24. The summed E-state index contributed by atoms with van der Waals surface area (Å²) < 4.78 is 27.2. The average Bonchev–Trinajstić information content (AvgIpc) is 2.77. The molecule has 2 atom stereocenters. The summed E-state index contributed by atoms with van der Waals surface area (Å²) in [5, 5.41) is 7.46. The molecule has 2 aromatic rings. The largest absolute Gasteiger partial charge is 0.379 e. The van der Waals surface area contributed by atoms with Crippen molar-refractivity contribution in [1.29, 1.82) is 0 Å². The Labute approximate surface area is 157 Å². The molecule has 0 radical (unpaired) electrons. The lowest BCUT2D eigenvalue weighted by Gasteiger charge is -2.40. The number of benzene rings is 1. The number of amides is 1. The highest BCUT2D eigenvalue weighted by molar-refractivity contribution is 6.08. The SMILES string of the molecule is O=C(NC1CC2COCC(C1)N2)c1c2n(c3ccc(F)cc13)CCOCC2. The Morgan fingerprint density at radius 2 is 2.00 bits per heavy atom. The highest BCUT2D eigenvalue weighted by Crippen LogP contribution is 2.29. The molecule has 27 heavy (non-hydrogen) atoms. The number of carbonyl (C=O) groups excluding carboxylic acids is 1. The Balaban J connectivity index is 1.49. The van der Waals surface area contributed by atoms with Gasteiger partial charge in [0, 0.05) is 47.7 Å². The molecule has 1 aromatic heterocycles. The molecular formula is C20H24FN3O3.